The largest absolute Gasteiger partial charge is 1.00 e. The first-order chi connectivity index (χ1) is 11.6. The molecule has 0 bridgehead atoms. The van der Waals surface area contributed by atoms with Gasteiger partial charge in [0.2, 0.25) is 0 Å². The van der Waals surface area contributed by atoms with Gasteiger partial charge in [-0.05, 0) is 12.8 Å². The van der Waals surface area contributed by atoms with Crippen molar-refractivity contribution in [3.8, 4) is 0 Å². The molecule has 0 amide bonds. The topological polar surface area (TPSA) is 83.4 Å². The molecule has 0 aliphatic carbocycles. The van der Waals surface area contributed by atoms with Crippen molar-refractivity contribution in [3.63, 3.8) is 0 Å². The Balaban J connectivity index is -0.000000195. The third-order valence-corrected chi connectivity index (χ3v) is 4.18. The predicted molar refractivity (Wildman–Crippen MR) is 103 cm³/mol. The van der Waals surface area contributed by atoms with Crippen molar-refractivity contribution >= 4 is 7.82 Å². The molecule has 5 nitrogen and oxygen atoms in total. The van der Waals surface area contributed by atoms with E-state index in [2.05, 4.69) is 28.1 Å². The second kappa shape index (κ2) is 27.6. The van der Waals surface area contributed by atoms with Gasteiger partial charge in [-0.3, -0.25) is 0 Å². The predicted octanol–water partition coefficient (Wildman–Crippen LogP) is -5.01. The molecule has 0 saturated heterocycles. The Kier molecular flexibility index (Phi) is 40.3. The number of unbranched alkanes of at least 4 members (excludes halogenated alkanes) is 13. The average Bonchev–Trinajstić information content (AvgIpc) is 2.45. The van der Waals surface area contributed by atoms with Crippen LogP contribution in [0.25, 0.3) is 0 Å². The zero-order valence-corrected chi connectivity index (χ0v) is 26.0. The number of quaternary nitrogens is 1. The number of hydrogen-bond acceptors (Lipinski definition) is 3. The van der Waals surface area contributed by atoms with Crippen molar-refractivity contribution < 1.29 is 99.8 Å². The van der Waals surface area contributed by atoms with Crippen LogP contribution in [-0.2, 0) is 4.57 Å². The fourth-order valence-electron chi connectivity index (χ4n) is 2.78. The Labute approximate surface area is 230 Å². The van der Waals surface area contributed by atoms with Gasteiger partial charge >= 0.3 is 59.1 Å². The number of rotatable bonds is 15. The van der Waals surface area contributed by atoms with E-state index in [1.165, 1.54) is 96.4 Å². The molecular formula is C19H43BrNNa2O4P. The van der Waals surface area contributed by atoms with Gasteiger partial charge in [0.05, 0.1) is 35.5 Å². The maximum absolute atomic E-state index is 8.66. The zero-order valence-electron chi connectivity index (χ0n) is 19.6. The first kappa shape index (κ1) is 40.9. The zero-order chi connectivity index (χ0) is 19.6. The smallest absolute Gasteiger partial charge is 1.00 e. The SMILES string of the molecule is CCCCCCCCCCCCCCCC[N+](C)(C)C.O=P([O-])([O-])O.[Br-].[Na+].[Na+]. The second-order valence-electron chi connectivity index (χ2n) is 8.08. The van der Waals surface area contributed by atoms with Crippen LogP contribution in [0.15, 0.2) is 0 Å². The molecule has 0 atom stereocenters. The first-order valence-corrected chi connectivity index (χ1v) is 11.6. The van der Waals surface area contributed by atoms with E-state index in [1.807, 2.05) is 0 Å². The third-order valence-electron chi connectivity index (χ3n) is 4.18. The van der Waals surface area contributed by atoms with Crippen LogP contribution in [0.1, 0.15) is 96.8 Å². The molecule has 162 valence electrons. The van der Waals surface area contributed by atoms with Crippen LogP contribution in [0.5, 0.6) is 0 Å². The second-order valence-corrected chi connectivity index (χ2v) is 9.02. The summed E-state index contributed by atoms with van der Waals surface area (Å²) >= 11 is 0. The van der Waals surface area contributed by atoms with Crippen molar-refractivity contribution in [1.82, 2.24) is 0 Å². The van der Waals surface area contributed by atoms with Crippen LogP contribution < -0.4 is 85.9 Å². The van der Waals surface area contributed by atoms with Gasteiger partial charge in [0.1, 0.15) is 0 Å². The first-order valence-electron chi connectivity index (χ1n) is 10.1. The number of halogens is 1. The Morgan fingerprint density at radius 2 is 0.893 bits per heavy atom. The minimum Gasteiger partial charge on any atom is -1.00 e. The van der Waals surface area contributed by atoms with Gasteiger partial charge in [0.15, 0.2) is 0 Å². The summed E-state index contributed by atoms with van der Waals surface area (Å²) in [5, 5.41) is 0. The van der Waals surface area contributed by atoms with Crippen molar-refractivity contribution in [3.05, 3.63) is 0 Å². The van der Waals surface area contributed by atoms with Crippen LogP contribution in [0.4, 0.5) is 0 Å². The molecule has 0 spiro atoms. The van der Waals surface area contributed by atoms with Crippen LogP contribution in [0, 0.1) is 0 Å². The van der Waals surface area contributed by atoms with Gasteiger partial charge in [0, 0.05) is 0 Å². The van der Waals surface area contributed by atoms with Crippen molar-refractivity contribution in [2.24, 2.45) is 0 Å². The van der Waals surface area contributed by atoms with E-state index < -0.39 is 7.82 Å². The van der Waals surface area contributed by atoms with Crippen LogP contribution in [0.3, 0.4) is 0 Å². The van der Waals surface area contributed by atoms with Gasteiger partial charge in [-0.15, -0.1) is 0 Å². The Morgan fingerprint density at radius 1 is 0.679 bits per heavy atom. The van der Waals surface area contributed by atoms with Gasteiger partial charge in [-0.25, -0.2) is 0 Å². The normalized spacial score (nSPS) is 10.7. The molecular weight excluding hydrogens is 463 g/mol. The third kappa shape index (κ3) is 56.7. The van der Waals surface area contributed by atoms with E-state index in [4.69, 9.17) is 19.2 Å². The van der Waals surface area contributed by atoms with E-state index in [0.29, 0.717) is 0 Å². The molecule has 0 unspecified atom stereocenters. The monoisotopic (exact) mass is 505 g/mol. The molecule has 0 aromatic rings. The maximum Gasteiger partial charge on any atom is 1.00 e. The van der Waals surface area contributed by atoms with Crippen molar-refractivity contribution in [2.75, 3.05) is 27.7 Å². The summed E-state index contributed by atoms with van der Waals surface area (Å²) in [5.74, 6) is 0. The minimum atomic E-state index is -5.14. The molecule has 0 saturated carbocycles. The molecule has 28 heavy (non-hydrogen) atoms. The van der Waals surface area contributed by atoms with Gasteiger partial charge in [-0.2, -0.15) is 0 Å². The number of nitrogens with zero attached hydrogens (tertiary/aromatic N) is 1. The molecule has 0 heterocycles. The molecule has 0 radical (unpaired) electrons. The van der Waals surface area contributed by atoms with E-state index in [1.54, 1.807) is 0 Å². The molecule has 0 rings (SSSR count). The Hall–Kier alpha value is 2.55. The van der Waals surface area contributed by atoms with Crippen molar-refractivity contribution in [2.45, 2.75) is 96.8 Å². The van der Waals surface area contributed by atoms with E-state index in [0.717, 1.165) is 4.48 Å². The quantitative estimate of drug-likeness (QED) is 0.104. The molecule has 0 aromatic heterocycles. The molecule has 0 aromatic carbocycles. The fraction of sp³-hybridized carbons (Fsp3) is 1.00. The average molecular weight is 506 g/mol. The van der Waals surface area contributed by atoms with Crippen LogP contribution in [-0.4, -0.2) is 37.1 Å². The summed E-state index contributed by atoms with van der Waals surface area (Å²) < 4.78 is 9.78. The van der Waals surface area contributed by atoms with Gasteiger partial charge in [-0.1, -0.05) is 84.0 Å². The summed E-state index contributed by atoms with van der Waals surface area (Å²) in [6.45, 7) is 3.63. The van der Waals surface area contributed by atoms with Gasteiger partial charge in [0.25, 0.3) is 0 Å². The minimum absolute atomic E-state index is 0. The Morgan fingerprint density at radius 3 is 1.11 bits per heavy atom. The molecule has 9 heteroatoms. The summed E-state index contributed by atoms with van der Waals surface area (Å²) in [7, 11) is 1.74. The van der Waals surface area contributed by atoms with E-state index in [-0.39, 0.29) is 76.1 Å². The molecule has 0 aliphatic heterocycles. The summed E-state index contributed by atoms with van der Waals surface area (Å²) in [6.07, 6.45) is 20.4. The maximum atomic E-state index is 8.66. The van der Waals surface area contributed by atoms with Gasteiger partial charge < -0.3 is 40.7 Å². The van der Waals surface area contributed by atoms with Crippen LogP contribution >= 0.6 is 7.82 Å². The summed E-state index contributed by atoms with van der Waals surface area (Å²) in [4.78, 5) is 24.3. The molecule has 1 N–H and O–H groups in total. The number of hydrogen-bond donors (Lipinski definition) is 1. The molecule has 0 aliphatic rings. The van der Waals surface area contributed by atoms with E-state index in [9.17, 15) is 0 Å². The molecule has 0 fully saturated rings. The summed E-state index contributed by atoms with van der Waals surface area (Å²) in [5.41, 5.74) is 0. The number of phosphoric acid groups is 1. The fourth-order valence-corrected chi connectivity index (χ4v) is 2.78. The summed E-state index contributed by atoms with van der Waals surface area (Å²) in [6, 6.07) is 0. The van der Waals surface area contributed by atoms with Crippen LogP contribution in [0.2, 0.25) is 0 Å². The standard InChI is InChI=1S/C19H42N.BrH.2Na.H3O4P/c1-5-6-7-8-9-10-11-12-13-14-15-16-17-18-19-20(2,3)4;;;;1-5(2,3)4/h5-19H2,1-4H3;1H;;;(H3,1,2,3,4)/q+1;;2*+1;/p-3. The Bertz CT molecular complexity index is 321. The van der Waals surface area contributed by atoms with Crippen molar-refractivity contribution in [1.29, 1.82) is 0 Å². The van der Waals surface area contributed by atoms with E-state index >= 15 is 0 Å².